The van der Waals surface area contributed by atoms with Crippen LogP contribution in [0.4, 0.5) is 0 Å². The van der Waals surface area contributed by atoms with Crippen molar-refractivity contribution >= 4 is 0 Å². The van der Waals surface area contributed by atoms with E-state index in [1.165, 1.54) is 6.33 Å². The smallest absolute Gasteiger partial charge is 0.124 e. The molecular weight excluding hydrogens is 216 g/mol. The molecule has 0 saturated carbocycles. The summed E-state index contributed by atoms with van der Waals surface area (Å²) in [5.41, 5.74) is 4.59. The summed E-state index contributed by atoms with van der Waals surface area (Å²) in [7, 11) is 1.63. The Hall–Kier alpha value is -1.98. The Balaban J connectivity index is 2.42. The third-order valence-electron chi connectivity index (χ3n) is 2.53. The fourth-order valence-electron chi connectivity index (χ4n) is 1.73. The van der Waals surface area contributed by atoms with Crippen LogP contribution in [-0.2, 0) is 0 Å². The van der Waals surface area contributed by atoms with Crippen molar-refractivity contribution in [2.24, 2.45) is 5.84 Å². The highest BCUT2D eigenvalue weighted by Gasteiger charge is 2.16. The molecule has 0 aliphatic carbocycles. The Morgan fingerprint density at radius 1 is 1.24 bits per heavy atom. The molecule has 0 amide bonds. The van der Waals surface area contributed by atoms with Crippen LogP contribution in [0.2, 0.25) is 0 Å². The molecule has 17 heavy (non-hydrogen) atoms. The largest absolute Gasteiger partial charge is 0.496 e. The topological polar surface area (TPSA) is 73.1 Å². The fourth-order valence-corrected chi connectivity index (χ4v) is 1.73. The molecule has 0 aliphatic rings. The molecule has 1 aromatic carbocycles. The number of aromatic nitrogens is 2. The number of ether oxygens (including phenoxy) is 1. The van der Waals surface area contributed by atoms with Crippen molar-refractivity contribution in [1.82, 2.24) is 15.4 Å². The van der Waals surface area contributed by atoms with Gasteiger partial charge < -0.3 is 4.74 Å². The zero-order valence-corrected chi connectivity index (χ0v) is 9.50. The van der Waals surface area contributed by atoms with Gasteiger partial charge in [0.25, 0.3) is 0 Å². The maximum Gasteiger partial charge on any atom is 0.124 e. The molecule has 3 N–H and O–H groups in total. The van der Waals surface area contributed by atoms with Crippen LogP contribution in [-0.4, -0.2) is 17.1 Å². The second-order valence-corrected chi connectivity index (χ2v) is 3.51. The van der Waals surface area contributed by atoms with E-state index < -0.39 is 0 Å². The maximum atomic E-state index is 5.60. The van der Waals surface area contributed by atoms with E-state index in [2.05, 4.69) is 15.4 Å². The second kappa shape index (κ2) is 5.38. The molecule has 0 bridgehead atoms. The van der Waals surface area contributed by atoms with Gasteiger partial charge in [0, 0.05) is 23.5 Å². The predicted octanol–water partition coefficient (Wildman–Crippen LogP) is 1.04. The zero-order chi connectivity index (χ0) is 12.1. The van der Waals surface area contributed by atoms with E-state index in [0.717, 1.165) is 16.9 Å². The number of hydrogen-bond donors (Lipinski definition) is 2. The van der Waals surface area contributed by atoms with Crippen LogP contribution in [0, 0.1) is 0 Å². The fraction of sp³-hybridized carbons (Fsp3) is 0.167. The van der Waals surface area contributed by atoms with Gasteiger partial charge in [0.15, 0.2) is 0 Å². The van der Waals surface area contributed by atoms with Gasteiger partial charge in [-0.25, -0.2) is 15.4 Å². The highest BCUT2D eigenvalue weighted by molar-refractivity contribution is 5.40. The molecule has 1 unspecified atom stereocenters. The van der Waals surface area contributed by atoms with Gasteiger partial charge in [0.2, 0.25) is 0 Å². The van der Waals surface area contributed by atoms with Gasteiger partial charge in [-0.1, -0.05) is 18.2 Å². The van der Waals surface area contributed by atoms with Crippen molar-refractivity contribution in [3.8, 4) is 5.75 Å². The summed E-state index contributed by atoms with van der Waals surface area (Å²) in [4.78, 5) is 7.97. The molecule has 2 aromatic rings. The van der Waals surface area contributed by atoms with E-state index in [9.17, 15) is 0 Å². The minimum absolute atomic E-state index is 0.188. The van der Waals surface area contributed by atoms with E-state index in [1.807, 2.05) is 24.3 Å². The molecule has 0 saturated heterocycles. The minimum atomic E-state index is -0.188. The Kier molecular flexibility index (Phi) is 3.64. The standard InChI is InChI=1S/C12H14N4O/c1-17-11-5-3-2-4-10(11)12(16-13)9-6-14-8-15-7-9/h2-8,12,16H,13H2,1H3. The van der Waals surface area contributed by atoms with Crippen LogP contribution in [0.15, 0.2) is 43.0 Å². The number of nitrogens with one attached hydrogen (secondary N) is 1. The van der Waals surface area contributed by atoms with Crippen LogP contribution in [0.25, 0.3) is 0 Å². The van der Waals surface area contributed by atoms with Crippen molar-refractivity contribution in [1.29, 1.82) is 0 Å². The summed E-state index contributed by atoms with van der Waals surface area (Å²) in [5, 5.41) is 0. The summed E-state index contributed by atoms with van der Waals surface area (Å²) >= 11 is 0. The van der Waals surface area contributed by atoms with E-state index in [4.69, 9.17) is 10.6 Å². The van der Waals surface area contributed by atoms with Crippen LogP contribution in [0.3, 0.4) is 0 Å². The molecule has 2 rings (SSSR count). The lowest BCUT2D eigenvalue weighted by Crippen LogP contribution is -2.29. The van der Waals surface area contributed by atoms with Crippen molar-refractivity contribution in [2.75, 3.05) is 7.11 Å². The molecule has 0 radical (unpaired) electrons. The number of benzene rings is 1. The van der Waals surface area contributed by atoms with Gasteiger partial charge in [-0.15, -0.1) is 0 Å². The molecule has 88 valence electrons. The summed E-state index contributed by atoms with van der Waals surface area (Å²) in [5.74, 6) is 6.38. The Morgan fingerprint density at radius 3 is 2.59 bits per heavy atom. The van der Waals surface area contributed by atoms with Crippen molar-refractivity contribution < 1.29 is 4.74 Å². The summed E-state index contributed by atoms with van der Waals surface area (Å²) in [6.07, 6.45) is 4.94. The van der Waals surface area contributed by atoms with Gasteiger partial charge in [-0.3, -0.25) is 5.84 Å². The van der Waals surface area contributed by atoms with Crippen LogP contribution in [0.1, 0.15) is 17.2 Å². The average molecular weight is 230 g/mol. The minimum Gasteiger partial charge on any atom is -0.496 e. The zero-order valence-electron chi connectivity index (χ0n) is 9.50. The highest BCUT2D eigenvalue weighted by Crippen LogP contribution is 2.28. The first-order valence-corrected chi connectivity index (χ1v) is 5.20. The molecular formula is C12H14N4O. The van der Waals surface area contributed by atoms with Gasteiger partial charge in [-0.2, -0.15) is 0 Å². The molecule has 0 fully saturated rings. The Morgan fingerprint density at radius 2 is 1.94 bits per heavy atom. The number of methoxy groups -OCH3 is 1. The van der Waals surface area contributed by atoms with Gasteiger partial charge in [-0.05, 0) is 6.07 Å². The average Bonchev–Trinajstić information content (AvgIpc) is 2.41. The summed E-state index contributed by atoms with van der Waals surface area (Å²) in [6, 6.07) is 7.51. The predicted molar refractivity (Wildman–Crippen MR) is 64.2 cm³/mol. The number of hydrazine groups is 1. The lowest BCUT2D eigenvalue weighted by atomic mass is 10.0. The van der Waals surface area contributed by atoms with Gasteiger partial charge in [0.1, 0.15) is 12.1 Å². The van der Waals surface area contributed by atoms with E-state index >= 15 is 0 Å². The molecule has 5 heteroatoms. The first-order chi connectivity index (χ1) is 8.36. The molecule has 1 atom stereocenters. The van der Waals surface area contributed by atoms with E-state index in [1.54, 1.807) is 19.5 Å². The van der Waals surface area contributed by atoms with Crippen molar-refractivity contribution in [2.45, 2.75) is 6.04 Å². The monoisotopic (exact) mass is 230 g/mol. The van der Waals surface area contributed by atoms with E-state index in [0.29, 0.717) is 0 Å². The van der Waals surface area contributed by atoms with Crippen molar-refractivity contribution in [3.63, 3.8) is 0 Å². The summed E-state index contributed by atoms with van der Waals surface area (Å²) in [6.45, 7) is 0. The first-order valence-electron chi connectivity index (χ1n) is 5.20. The van der Waals surface area contributed by atoms with Crippen LogP contribution < -0.4 is 16.0 Å². The normalized spacial score (nSPS) is 12.1. The van der Waals surface area contributed by atoms with Crippen molar-refractivity contribution in [3.05, 3.63) is 54.1 Å². The third-order valence-corrected chi connectivity index (χ3v) is 2.53. The number of nitrogens with two attached hydrogens (primary N) is 1. The number of hydrogen-bond acceptors (Lipinski definition) is 5. The third kappa shape index (κ3) is 2.41. The SMILES string of the molecule is COc1ccccc1C(NN)c1cncnc1. The van der Waals surface area contributed by atoms with Crippen LogP contribution >= 0.6 is 0 Å². The lowest BCUT2D eigenvalue weighted by molar-refractivity contribution is 0.404. The molecule has 5 nitrogen and oxygen atoms in total. The second-order valence-electron chi connectivity index (χ2n) is 3.51. The first kappa shape index (κ1) is 11.5. The lowest BCUT2D eigenvalue weighted by Gasteiger charge is -2.18. The van der Waals surface area contributed by atoms with Gasteiger partial charge >= 0.3 is 0 Å². The molecule has 0 aliphatic heterocycles. The Labute approximate surface area is 99.6 Å². The Bertz CT molecular complexity index is 475. The maximum absolute atomic E-state index is 5.60. The van der Waals surface area contributed by atoms with Crippen LogP contribution in [0.5, 0.6) is 5.75 Å². The van der Waals surface area contributed by atoms with Gasteiger partial charge in [0.05, 0.1) is 13.2 Å². The number of rotatable bonds is 4. The summed E-state index contributed by atoms with van der Waals surface area (Å²) < 4.78 is 5.31. The van der Waals surface area contributed by atoms with E-state index in [-0.39, 0.29) is 6.04 Å². The number of para-hydroxylation sites is 1. The highest BCUT2D eigenvalue weighted by atomic mass is 16.5. The molecule has 1 heterocycles. The quantitative estimate of drug-likeness (QED) is 0.606. The number of nitrogens with zero attached hydrogens (tertiary/aromatic N) is 2. The molecule has 1 aromatic heterocycles. The molecule has 0 spiro atoms.